The molecule has 38 heavy (non-hydrogen) atoms. The Morgan fingerprint density at radius 3 is 2.34 bits per heavy atom. The summed E-state index contributed by atoms with van der Waals surface area (Å²) in [6, 6.07) is 37.1. The number of nitrogens with zero attached hydrogens (tertiary/aromatic N) is 1. The third-order valence-corrected chi connectivity index (χ3v) is 8.46. The lowest BCUT2D eigenvalue weighted by molar-refractivity contribution is 0.101. The quantitative estimate of drug-likeness (QED) is 0.166. The molecule has 0 atom stereocenters. The maximum atomic E-state index is 13.0. The van der Waals surface area contributed by atoms with Crippen LogP contribution in [0.4, 0.5) is 5.69 Å². The van der Waals surface area contributed by atoms with E-state index in [1.807, 2.05) is 103 Å². The molecule has 6 heteroatoms. The Balaban J connectivity index is 1.12. The molecule has 0 radical (unpaired) electrons. The van der Waals surface area contributed by atoms with Crippen molar-refractivity contribution >= 4 is 61.5 Å². The molecule has 1 heterocycles. The van der Waals surface area contributed by atoms with Crippen LogP contribution in [0.25, 0.3) is 32.1 Å². The molecule has 1 amide bonds. The number of anilines is 1. The number of hydrogen-bond acceptors (Lipinski definition) is 5. The van der Waals surface area contributed by atoms with E-state index in [1.54, 1.807) is 0 Å². The Morgan fingerprint density at radius 2 is 1.50 bits per heavy atom. The Morgan fingerprint density at radius 1 is 0.763 bits per heavy atom. The van der Waals surface area contributed by atoms with Gasteiger partial charge in [-0.3, -0.25) is 9.59 Å². The maximum absolute atomic E-state index is 13.0. The van der Waals surface area contributed by atoms with Crippen molar-refractivity contribution in [3.63, 3.8) is 0 Å². The molecule has 0 unspecified atom stereocenters. The van der Waals surface area contributed by atoms with Crippen LogP contribution in [0.15, 0.2) is 120 Å². The van der Waals surface area contributed by atoms with Crippen LogP contribution >= 0.6 is 23.1 Å². The number of ketones is 1. The number of thioether (sulfide) groups is 1. The van der Waals surface area contributed by atoms with Crippen LogP contribution in [0.2, 0.25) is 0 Å². The number of nitrogens with one attached hydrogen (secondary N) is 1. The number of carbonyl (C=O) groups is 2. The summed E-state index contributed by atoms with van der Waals surface area (Å²) >= 11 is 2.96. The van der Waals surface area contributed by atoms with Crippen molar-refractivity contribution in [2.75, 3.05) is 11.1 Å². The number of fused-ring (bicyclic) bond motifs is 2. The Labute approximate surface area is 228 Å². The molecule has 184 valence electrons. The molecule has 1 N–H and O–H groups in total. The van der Waals surface area contributed by atoms with Gasteiger partial charge in [-0.2, -0.15) is 0 Å². The zero-order valence-corrected chi connectivity index (χ0v) is 21.9. The van der Waals surface area contributed by atoms with Crippen LogP contribution in [-0.2, 0) is 0 Å². The van der Waals surface area contributed by atoms with Crippen molar-refractivity contribution in [3.8, 4) is 11.1 Å². The van der Waals surface area contributed by atoms with Crippen LogP contribution in [0, 0.1) is 0 Å². The number of hydrogen-bond donors (Lipinski definition) is 1. The van der Waals surface area contributed by atoms with Crippen LogP contribution in [0.5, 0.6) is 0 Å². The Bertz CT molecular complexity index is 1770. The number of benzene rings is 5. The van der Waals surface area contributed by atoms with E-state index in [1.165, 1.54) is 23.1 Å². The first-order chi connectivity index (χ1) is 18.6. The third kappa shape index (κ3) is 5.09. The smallest absolute Gasteiger partial charge is 0.256 e. The van der Waals surface area contributed by atoms with Gasteiger partial charge in [0.15, 0.2) is 10.1 Å². The summed E-state index contributed by atoms with van der Waals surface area (Å²) in [6.07, 6.45) is 0. The first kappa shape index (κ1) is 24.1. The summed E-state index contributed by atoms with van der Waals surface area (Å²) in [5, 5.41) is 4.97. The zero-order chi connectivity index (χ0) is 25.9. The largest absolute Gasteiger partial charge is 0.322 e. The standard InChI is InChI=1S/C32H22N2O2S2/c35-29(24-15-13-22(14-16-24)21-7-2-1-3-8-21)20-37-32-34-28-18-17-25(19-30(28)38-32)33-31(36)27-12-6-10-23-9-4-5-11-26(23)27/h1-19H,20H2,(H,33,36). The van der Waals surface area contributed by atoms with Crippen LogP contribution in [0.1, 0.15) is 20.7 Å². The lowest BCUT2D eigenvalue weighted by Gasteiger charge is -2.08. The molecular formula is C32H22N2O2S2. The predicted octanol–water partition coefficient (Wildman–Crippen LogP) is 8.34. The van der Waals surface area contributed by atoms with E-state index < -0.39 is 0 Å². The molecule has 1 aromatic heterocycles. The van der Waals surface area contributed by atoms with Crippen LogP contribution in [0.3, 0.4) is 0 Å². The van der Waals surface area contributed by atoms with Gasteiger partial charge in [-0.25, -0.2) is 4.98 Å². The van der Waals surface area contributed by atoms with Gasteiger partial charge in [0, 0.05) is 16.8 Å². The molecular weight excluding hydrogens is 508 g/mol. The van der Waals surface area contributed by atoms with Gasteiger partial charge in [0.1, 0.15) is 0 Å². The lowest BCUT2D eigenvalue weighted by Crippen LogP contribution is -2.12. The molecule has 0 bridgehead atoms. The highest BCUT2D eigenvalue weighted by molar-refractivity contribution is 8.01. The summed E-state index contributed by atoms with van der Waals surface area (Å²) in [4.78, 5) is 30.5. The molecule has 6 aromatic rings. The topological polar surface area (TPSA) is 59.1 Å². The number of rotatable bonds is 7. The van der Waals surface area contributed by atoms with Crippen molar-refractivity contribution in [3.05, 3.63) is 126 Å². The molecule has 0 spiro atoms. The van der Waals surface area contributed by atoms with Gasteiger partial charge in [-0.05, 0) is 46.2 Å². The lowest BCUT2D eigenvalue weighted by atomic mass is 10.0. The number of carbonyl (C=O) groups excluding carboxylic acids is 2. The van der Waals surface area contributed by atoms with Gasteiger partial charge in [-0.1, -0.05) is 103 Å². The van der Waals surface area contributed by atoms with E-state index in [-0.39, 0.29) is 11.7 Å². The number of amides is 1. The molecule has 0 saturated carbocycles. The first-order valence-electron chi connectivity index (χ1n) is 12.2. The van der Waals surface area contributed by atoms with Crippen LogP contribution < -0.4 is 5.32 Å². The summed E-state index contributed by atoms with van der Waals surface area (Å²) in [5.41, 5.74) is 5.11. The fraction of sp³-hybridized carbons (Fsp3) is 0.0312. The van der Waals surface area contributed by atoms with Gasteiger partial charge in [0.05, 0.1) is 16.0 Å². The van der Waals surface area contributed by atoms with Crippen molar-refractivity contribution in [1.82, 2.24) is 4.98 Å². The minimum absolute atomic E-state index is 0.0666. The number of thiazole rings is 1. The highest BCUT2D eigenvalue weighted by Crippen LogP contribution is 2.32. The molecule has 0 aliphatic heterocycles. The summed E-state index contributed by atoms with van der Waals surface area (Å²) in [6.45, 7) is 0. The fourth-order valence-corrected chi connectivity index (χ4v) is 6.36. The molecule has 0 aliphatic carbocycles. The Kier molecular flexibility index (Phi) is 6.73. The molecule has 5 aromatic carbocycles. The van der Waals surface area contributed by atoms with Crippen LogP contribution in [-0.4, -0.2) is 22.4 Å². The van der Waals surface area contributed by atoms with Gasteiger partial charge >= 0.3 is 0 Å². The average Bonchev–Trinajstić information content (AvgIpc) is 3.38. The predicted molar refractivity (Wildman–Crippen MR) is 158 cm³/mol. The normalized spacial score (nSPS) is 11.1. The summed E-state index contributed by atoms with van der Waals surface area (Å²) in [7, 11) is 0. The van der Waals surface area contributed by atoms with Crippen molar-refractivity contribution < 1.29 is 9.59 Å². The second kappa shape index (κ2) is 10.6. The van der Waals surface area contributed by atoms with Crippen molar-refractivity contribution in [2.24, 2.45) is 0 Å². The highest BCUT2D eigenvalue weighted by atomic mass is 32.2. The van der Waals surface area contributed by atoms with Gasteiger partial charge < -0.3 is 5.32 Å². The van der Waals surface area contributed by atoms with E-state index in [4.69, 9.17) is 0 Å². The summed E-state index contributed by atoms with van der Waals surface area (Å²) < 4.78 is 1.79. The maximum Gasteiger partial charge on any atom is 0.256 e. The minimum atomic E-state index is -0.149. The second-order valence-corrected chi connectivity index (χ2v) is 11.1. The summed E-state index contributed by atoms with van der Waals surface area (Å²) in [5.74, 6) is 0.232. The molecule has 0 saturated heterocycles. The second-order valence-electron chi connectivity index (χ2n) is 8.80. The molecule has 0 aliphatic rings. The first-order valence-corrected chi connectivity index (χ1v) is 14.0. The zero-order valence-electron chi connectivity index (χ0n) is 20.3. The minimum Gasteiger partial charge on any atom is -0.322 e. The number of Topliss-reactive ketones (excluding diaryl/α,β-unsaturated/α-hetero) is 1. The number of aromatic nitrogens is 1. The van der Waals surface area contributed by atoms with E-state index in [0.29, 0.717) is 22.6 Å². The van der Waals surface area contributed by atoms with Crippen molar-refractivity contribution in [1.29, 1.82) is 0 Å². The highest BCUT2D eigenvalue weighted by Gasteiger charge is 2.13. The van der Waals surface area contributed by atoms with E-state index in [2.05, 4.69) is 22.4 Å². The van der Waals surface area contributed by atoms with E-state index in [0.717, 1.165) is 36.5 Å². The Hall–Kier alpha value is -4.26. The molecule has 0 fully saturated rings. The SMILES string of the molecule is O=C(CSc1nc2ccc(NC(=O)c3cccc4ccccc34)cc2s1)c1ccc(-c2ccccc2)cc1. The van der Waals surface area contributed by atoms with Gasteiger partial charge in [-0.15, -0.1) is 11.3 Å². The fourth-order valence-electron chi connectivity index (χ4n) is 4.35. The van der Waals surface area contributed by atoms with E-state index >= 15 is 0 Å². The van der Waals surface area contributed by atoms with E-state index in [9.17, 15) is 9.59 Å². The van der Waals surface area contributed by atoms with Gasteiger partial charge in [0.2, 0.25) is 0 Å². The average molecular weight is 531 g/mol. The van der Waals surface area contributed by atoms with Crippen molar-refractivity contribution in [2.45, 2.75) is 4.34 Å². The third-order valence-electron chi connectivity index (χ3n) is 6.30. The van der Waals surface area contributed by atoms with Gasteiger partial charge in [0.25, 0.3) is 5.91 Å². The molecule has 4 nitrogen and oxygen atoms in total. The monoisotopic (exact) mass is 530 g/mol. The molecule has 6 rings (SSSR count).